The number of alkyl carbamates (subject to hydrolysis) is 1. The number of amides is 5. The predicted octanol–water partition coefficient (Wildman–Crippen LogP) is 15.6. The number of benzene rings is 8. The summed E-state index contributed by atoms with van der Waals surface area (Å²) in [6, 6.07) is 69.0. The Morgan fingerprint density at radius 3 is 1.69 bits per heavy atom. The molecule has 2 fully saturated rings. The van der Waals surface area contributed by atoms with Crippen LogP contribution in [0.1, 0.15) is 152 Å². The fraction of sp³-hybridized carbons (Fsp3) is 0.347. The number of aromatic nitrogens is 6. The number of carbonyl (C=O) groups excluding carboxylic acids is 5. The molecule has 5 unspecified atom stereocenters. The largest absolute Gasteiger partial charge is 0.497 e. The monoisotopic (exact) mass is 1840 g/mol. The minimum atomic E-state index is -2.54. The number of imidazole rings is 1. The van der Waals surface area contributed by atoms with Crippen LogP contribution in [0.5, 0.6) is 11.5 Å². The molecule has 2 aliphatic carbocycles. The Kier molecular flexibility index (Phi) is 31.7. The van der Waals surface area contributed by atoms with Crippen LogP contribution in [0.4, 0.5) is 21.4 Å². The van der Waals surface area contributed by atoms with Gasteiger partial charge in [0.05, 0.1) is 84.2 Å². The van der Waals surface area contributed by atoms with Gasteiger partial charge in [-0.15, -0.1) is 0 Å². The van der Waals surface area contributed by atoms with Crippen molar-refractivity contribution in [2.75, 3.05) is 84.6 Å². The van der Waals surface area contributed by atoms with Gasteiger partial charge >= 0.3 is 26.5 Å². The quantitative estimate of drug-likeness (QED) is 0.0135. The molecule has 0 saturated carbocycles. The number of nitrogens with zero attached hydrogens (tertiary/aromatic N) is 9. The summed E-state index contributed by atoms with van der Waals surface area (Å²) in [4.78, 5) is 113. The van der Waals surface area contributed by atoms with E-state index in [9.17, 15) is 44.1 Å². The Labute approximate surface area is 771 Å². The highest BCUT2D eigenvalue weighted by Crippen LogP contribution is 2.54. The van der Waals surface area contributed by atoms with Crippen molar-refractivity contribution in [2.45, 2.75) is 146 Å². The van der Waals surface area contributed by atoms with Gasteiger partial charge in [0.15, 0.2) is 11.2 Å². The molecule has 8 atom stereocenters. The summed E-state index contributed by atoms with van der Waals surface area (Å²) < 4.78 is 82.9. The number of carbonyl (C=O) groups is 5. The lowest BCUT2D eigenvalue weighted by Crippen LogP contribution is -2.38. The van der Waals surface area contributed by atoms with Crippen LogP contribution in [0.15, 0.2) is 228 Å². The molecule has 5 heterocycles. The van der Waals surface area contributed by atoms with E-state index < -0.39 is 101 Å². The number of hydrogen-bond donors (Lipinski definition) is 5. The summed E-state index contributed by atoms with van der Waals surface area (Å²) in [5.41, 5.74) is 9.03. The van der Waals surface area contributed by atoms with Gasteiger partial charge in [-0.3, -0.25) is 38.6 Å². The van der Waals surface area contributed by atoms with E-state index in [2.05, 4.69) is 77.3 Å². The van der Waals surface area contributed by atoms with E-state index in [0.29, 0.717) is 33.8 Å². The summed E-state index contributed by atoms with van der Waals surface area (Å²) in [6.07, 6.45) is -4.35. The first kappa shape index (κ1) is 94.7. The average Bonchev–Trinajstić information content (AvgIpc) is 1.76. The second kappa shape index (κ2) is 44.5. The summed E-state index contributed by atoms with van der Waals surface area (Å²) in [7, 11) is 0.286. The first-order valence-electron chi connectivity index (χ1n) is 44.0. The molecule has 8 aromatic carbocycles. The summed E-state index contributed by atoms with van der Waals surface area (Å²) in [5, 5.41) is 30.7. The molecule has 2 aliphatic heterocycles. The molecule has 33 nitrogen and oxygen atoms in total. The van der Waals surface area contributed by atoms with Crippen molar-refractivity contribution in [3.63, 3.8) is 0 Å². The molecule has 5 amide bonds. The smallest absolute Gasteiger partial charge is 0.409 e. The molecular weight excluding hydrogens is 1740 g/mol. The second-order valence-electron chi connectivity index (χ2n) is 32.7. The van der Waals surface area contributed by atoms with Crippen LogP contribution in [-0.2, 0) is 68.0 Å². The van der Waals surface area contributed by atoms with Crippen molar-refractivity contribution in [2.24, 2.45) is 0 Å². The molecule has 2 saturated heterocycles. The lowest BCUT2D eigenvalue weighted by atomic mass is 9.80. The SMILES string of the molecule is COc1ccc(C(OC[C@H]2OC(n3cnc4c(=O)[nH]c(NC(=O)CCNC(=O)c5ccc(CNC(=O)OCC6c7ccccc7-c7ccccc76)cc5)nc43)CC2OP(OCCC#N)OC[C@H]2O[C@@H](n3ccc(NC(=O)CCCN(C)C(=O)OCC4c5ccccc5-c5ccccc54)nc3=O)CC2OP(OCCC#N)N(C(C)C)C(C)C)(c2ccccc2)c2ccc(OC)cc2)cc1. The molecule has 0 bridgehead atoms. The number of anilines is 2. The highest BCUT2D eigenvalue weighted by Gasteiger charge is 2.47. The van der Waals surface area contributed by atoms with E-state index in [1.165, 1.54) is 32.6 Å². The van der Waals surface area contributed by atoms with Gasteiger partial charge in [-0.05, 0) is 143 Å². The van der Waals surface area contributed by atoms with Gasteiger partial charge in [0.1, 0.15) is 60.8 Å². The maximum Gasteiger partial charge on any atom is 0.409 e. The first-order chi connectivity index (χ1) is 64.7. The summed E-state index contributed by atoms with van der Waals surface area (Å²) in [5.74, 6) is -0.807. The number of nitrogens with one attached hydrogen (secondary N) is 5. The molecule has 133 heavy (non-hydrogen) atoms. The molecule has 4 aliphatic rings. The Hall–Kier alpha value is -13.0. The van der Waals surface area contributed by atoms with Crippen molar-refractivity contribution in [3.8, 4) is 45.9 Å². The van der Waals surface area contributed by atoms with Gasteiger partial charge in [0, 0.05) is 88.0 Å². The Morgan fingerprint density at radius 1 is 0.586 bits per heavy atom. The lowest BCUT2D eigenvalue weighted by molar-refractivity contribution is -0.117. The molecule has 0 radical (unpaired) electrons. The van der Waals surface area contributed by atoms with Crippen molar-refractivity contribution >= 4 is 70.0 Å². The number of hydrogen-bond acceptors (Lipinski definition) is 25. The predicted molar refractivity (Wildman–Crippen MR) is 495 cm³/mol. The fourth-order valence-electron chi connectivity index (χ4n) is 17.0. The Morgan fingerprint density at radius 2 is 1.12 bits per heavy atom. The van der Waals surface area contributed by atoms with Crippen molar-refractivity contribution in [3.05, 3.63) is 290 Å². The maximum atomic E-state index is 14.3. The van der Waals surface area contributed by atoms with E-state index in [-0.39, 0.29) is 151 Å². The molecule has 5 N–H and O–H groups in total. The molecule has 3 aromatic heterocycles. The third kappa shape index (κ3) is 22.5. The highest BCUT2D eigenvalue weighted by molar-refractivity contribution is 7.44. The summed E-state index contributed by atoms with van der Waals surface area (Å²) >= 11 is 0. The van der Waals surface area contributed by atoms with E-state index >= 15 is 0 Å². The van der Waals surface area contributed by atoms with Crippen LogP contribution in [0.3, 0.4) is 0 Å². The van der Waals surface area contributed by atoms with Crippen molar-refractivity contribution in [1.29, 1.82) is 10.5 Å². The molecule has 15 rings (SSSR count). The van der Waals surface area contributed by atoms with E-state index in [1.54, 1.807) is 45.5 Å². The minimum Gasteiger partial charge on any atom is -0.497 e. The van der Waals surface area contributed by atoms with Gasteiger partial charge in [-0.2, -0.15) is 20.5 Å². The second-order valence-corrected chi connectivity index (χ2v) is 35.3. The topological polar surface area (TPSA) is 397 Å². The number of rotatable bonds is 42. The van der Waals surface area contributed by atoms with Gasteiger partial charge in [0.2, 0.25) is 17.8 Å². The standard InChI is InChI=1S/C98H104N14O19P2/c1-62(2)112(63(3)4)132(125-52-20-47-99)130-81-54-88(110-51-46-85(105-95(110)117)104-86(113)32-19-50-109(5)97(119)123-58-80-77-30-17-13-26-73(77)74-27-14-18-31-78(74)80)129-84(81)60-127-133(126-53-21-48-100)131-82-55-89(128-83(82)59-124-98(66-22-9-8-10-23-66,67-37-41-69(120-6)42-38-67)68-39-43-70(121-7)44-40-68)111-61-103-90-91(111)107-94(108-93(90)116)106-87(114)45-49-101-92(115)65-35-33-64(34-36-65)56-102-96(118)122-57-79-75-28-15-11-24-71(75)72-25-12-16-29-76(72)79/h8-18,22-31,33-44,46,51,61-63,79-84,88-89H,19-21,32,45,49-50,52-60H2,1-7H3,(H,101,115)(H,102,118)(H,104,105,113,117)(H2,106,107,108,114,116)/t81?,82?,83-,84-,88-,89?,132?,133?/m1/s1. The van der Waals surface area contributed by atoms with Gasteiger partial charge < -0.3 is 76.6 Å². The zero-order valence-corrected chi connectivity index (χ0v) is 76.3. The third-order valence-corrected chi connectivity index (χ3v) is 26.8. The van der Waals surface area contributed by atoms with Gasteiger partial charge in [-0.1, -0.05) is 164 Å². The number of H-pyrrole nitrogens is 1. The molecule has 690 valence electrons. The van der Waals surface area contributed by atoms with Gasteiger partial charge in [0.25, 0.3) is 20.0 Å². The normalized spacial score (nSPS) is 17.1. The minimum absolute atomic E-state index is 0.0106. The van der Waals surface area contributed by atoms with Crippen LogP contribution in [-0.4, -0.2) is 179 Å². The number of ether oxygens (including phenoxy) is 7. The Bertz CT molecular complexity index is 5970. The Balaban J connectivity index is 0.642. The lowest BCUT2D eigenvalue weighted by Gasteiger charge is -2.37. The average molecular weight is 1840 g/mol. The number of aromatic amines is 1. The number of fused-ring (bicyclic) bond motifs is 7. The zero-order valence-electron chi connectivity index (χ0n) is 74.5. The van der Waals surface area contributed by atoms with E-state index in [0.717, 1.165) is 50.1 Å². The van der Waals surface area contributed by atoms with Crippen LogP contribution < -0.4 is 42.0 Å². The molecule has 0 spiro atoms. The van der Waals surface area contributed by atoms with Crippen LogP contribution in [0, 0.1) is 22.7 Å². The number of methoxy groups -OCH3 is 2. The van der Waals surface area contributed by atoms with Gasteiger partial charge in [-0.25, -0.2) is 24.0 Å². The van der Waals surface area contributed by atoms with Crippen molar-refractivity contribution < 1.29 is 79.7 Å². The van der Waals surface area contributed by atoms with E-state index in [4.69, 9.17) is 60.8 Å². The van der Waals surface area contributed by atoms with Crippen LogP contribution in [0.2, 0.25) is 0 Å². The molecular formula is C98H104N14O19P2. The summed E-state index contributed by atoms with van der Waals surface area (Å²) in [6.45, 7) is 7.85. The van der Waals surface area contributed by atoms with Crippen LogP contribution in [0.25, 0.3) is 33.4 Å². The maximum absolute atomic E-state index is 14.3. The zero-order chi connectivity index (χ0) is 93.1. The fourth-order valence-corrected chi connectivity index (χ4v) is 19.9. The first-order valence-corrected chi connectivity index (χ1v) is 46.2. The molecule has 11 aromatic rings. The third-order valence-electron chi connectivity index (χ3n) is 23.5. The molecule has 35 heteroatoms. The number of nitriles is 2. The van der Waals surface area contributed by atoms with E-state index in [1.807, 2.05) is 179 Å². The van der Waals surface area contributed by atoms with Crippen molar-refractivity contribution in [1.82, 2.24) is 49.3 Å². The van der Waals surface area contributed by atoms with Crippen LogP contribution >= 0.6 is 17.1 Å². The highest BCUT2D eigenvalue weighted by atomic mass is 31.2.